The Balaban J connectivity index is 1.27. The SMILES string of the molecule is Cc1nc(-c2ccc(F)cc2)c(COc2ccc(-c3nc4cc(C(=O)O)ccc4n3C3CCCCC3)cc2)s1. The Kier molecular flexibility index (Phi) is 6.87. The van der Waals surface area contributed by atoms with E-state index in [9.17, 15) is 14.3 Å². The number of nitrogens with zero attached hydrogens (tertiary/aromatic N) is 3. The van der Waals surface area contributed by atoms with E-state index < -0.39 is 5.97 Å². The van der Waals surface area contributed by atoms with Crippen LogP contribution in [-0.4, -0.2) is 25.6 Å². The lowest BCUT2D eigenvalue weighted by molar-refractivity contribution is 0.0697. The molecule has 1 aliphatic rings. The summed E-state index contributed by atoms with van der Waals surface area (Å²) in [4.78, 5) is 22.1. The third kappa shape index (κ3) is 5.16. The Hall–Kier alpha value is -4.04. The number of fused-ring (bicyclic) bond motifs is 1. The Morgan fingerprint density at radius 1 is 1.00 bits per heavy atom. The fraction of sp³-hybridized carbons (Fsp3) is 0.258. The Morgan fingerprint density at radius 2 is 1.72 bits per heavy atom. The van der Waals surface area contributed by atoms with Crippen LogP contribution in [0.4, 0.5) is 4.39 Å². The monoisotopic (exact) mass is 541 g/mol. The van der Waals surface area contributed by atoms with Gasteiger partial charge in [0.2, 0.25) is 0 Å². The van der Waals surface area contributed by atoms with Crippen LogP contribution < -0.4 is 4.74 Å². The molecule has 1 aliphatic carbocycles. The van der Waals surface area contributed by atoms with Gasteiger partial charge < -0.3 is 14.4 Å². The maximum Gasteiger partial charge on any atom is 0.335 e. The van der Waals surface area contributed by atoms with Crippen LogP contribution in [0.2, 0.25) is 0 Å². The molecule has 8 heteroatoms. The van der Waals surface area contributed by atoms with E-state index >= 15 is 0 Å². The quantitative estimate of drug-likeness (QED) is 0.226. The average Bonchev–Trinajstić information content (AvgIpc) is 3.53. The lowest BCUT2D eigenvalue weighted by atomic mass is 9.95. The van der Waals surface area contributed by atoms with Gasteiger partial charge in [-0.15, -0.1) is 11.3 Å². The molecule has 198 valence electrons. The molecule has 6 rings (SSSR count). The van der Waals surface area contributed by atoms with Crippen molar-refractivity contribution in [3.63, 3.8) is 0 Å². The maximum atomic E-state index is 13.4. The molecule has 0 aliphatic heterocycles. The summed E-state index contributed by atoms with van der Waals surface area (Å²) >= 11 is 1.57. The molecule has 1 N–H and O–H groups in total. The zero-order chi connectivity index (χ0) is 26.9. The molecule has 0 radical (unpaired) electrons. The minimum absolute atomic E-state index is 0.240. The number of ether oxygens (including phenoxy) is 1. The first kappa shape index (κ1) is 25.2. The van der Waals surface area contributed by atoms with E-state index in [1.807, 2.05) is 37.3 Å². The molecule has 0 atom stereocenters. The summed E-state index contributed by atoms with van der Waals surface area (Å²) in [5, 5.41) is 10.4. The minimum atomic E-state index is -0.953. The number of aromatic carboxylic acids is 1. The van der Waals surface area contributed by atoms with E-state index in [4.69, 9.17) is 9.72 Å². The van der Waals surface area contributed by atoms with E-state index in [0.29, 0.717) is 18.2 Å². The third-order valence-corrected chi connectivity index (χ3v) is 8.22. The standard InChI is InChI=1S/C31H28FN3O3S/c1-19-33-29(20-7-12-23(32)13-8-20)28(39-19)18-38-25-14-9-21(10-15-25)30-34-26-17-22(31(36)37)11-16-27(26)35(30)24-5-3-2-4-6-24/h7-17,24H,2-6,18H2,1H3,(H,36,37). The fourth-order valence-corrected chi connectivity index (χ4v) is 6.27. The highest BCUT2D eigenvalue weighted by Gasteiger charge is 2.23. The van der Waals surface area contributed by atoms with Crippen molar-refractivity contribution in [2.24, 2.45) is 0 Å². The van der Waals surface area contributed by atoms with Gasteiger partial charge in [0, 0.05) is 17.2 Å². The van der Waals surface area contributed by atoms with Gasteiger partial charge in [0.25, 0.3) is 0 Å². The highest BCUT2D eigenvalue weighted by atomic mass is 32.1. The van der Waals surface area contributed by atoms with E-state index in [2.05, 4.69) is 9.55 Å². The van der Waals surface area contributed by atoms with Crippen LogP contribution in [0.3, 0.4) is 0 Å². The van der Waals surface area contributed by atoms with Gasteiger partial charge in [0.15, 0.2) is 0 Å². The van der Waals surface area contributed by atoms with E-state index in [1.165, 1.54) is 31.4 Å². The first-order valence-electron chi connectivity index (χ1n) is 13.2. The van der Waals surface area contributed by atoms with Crippen molar-refractivity contribution >= 4 is 28.3 Å². The van der Waals surface area contributed by atoms with Crippen molar-refractivity contribution in [1.29, 1.82) is 0 Å². The molecule has 2 heterocycles. The Morgan fingerprint density at radius 3 is 2.44 bits per heavy atom. The summed E-state index contributed by atoms with van der Waals surface area (Å²) < 4.78 is 21.8. The van der Waals surface area contributed by atoms with Gasteiger partial charge in [-0.2, -0.15) is 0 Å². The molecule has 0 amide bonds. The first-order chi connectivity index (χ1) is 19.0. The second-order valence-corrected chi connectivity index (χ2v) is 11.2. The first-order valence-corrected chi connectivity index (χ1v) is 14.0. The topological polar surface area (TPSA) is 77.2 Å². The number of thiazole rings is 1. The number of hydrogen-bond acceptors (Lipinski definition) is 5. The van der Waals surface area contributed by atoms with Gasteiger partial charge >= 0.3 is 5.97 Å². The highest BCUT2D eigenvalue weighted by molar-refractivity contribution is 7.12. The van der Waals surface area contributed by atoms with E-state index in [0.717, 1.165) is 56.6 Å². The van der Waals surface area contributed by atoms with E-state index in [1.54, 1.807) is 35.6 Å². The molecule has 0 bridgehead atoms. The van der Waals surface area contributed by atoms with Crippen molar-refractivity contribution in [2.45, 2.75) is 51.7 Å². The maximum absolute atomic E-state index is 13.4. The van der Waals surface area contributed by atoms with Gasteiger partial charge in [-0.1, -0.05) is 19.3 Å². The molecule has 2 aromatic heterocycles. The highest BCUT2D eigenvalue weighted by Crippen LogP contribution is 2.37. The molecule has 3 aromatic carbocycles. The van der Waals surface area contributed by atoms with Crippen molar-refractivity contribution in [1.82, 2.24) is 14.5 Å². The predicted octanol–water partition coefficient (Wildman–Crippen LogP) is 8.06. The smallest absolute Gasteiger partial charge is 0.335 e. The molecule has 39 heavy (non-hydrogen) atoms. The lowest BCUT2D eigenvalue weighted by Crippen LogP contribution is -2.14. The van der Waals surface area contributed by atoms with Crippen molar-refractivity contribution in [2.75, 3.05) is 0 Å². The summed E-state index contributed by atoms with van der Waals surface area (Å²) in [5.74, 6) is 0.347. The number of aryl methyl sites for hydroxylation is 1. The van der Waals surface area contributed by atoms with Crippen molar-refractivity contribution in [3.05, 3.63) is 88.0 Å². The molecule has 0 spiro atoms. The van der Waals surface area contributed by atoms with E-state index in [-0.39, 0.29) is 11.4 Å². The predicted molar refractivity (Wildman–Crippen MR) is 151 cm³/mol. The molecule has 6 nitrogen and oxygen atoms in total. The van der Waals surface area contributed by atoms with Gasteiger partial charge in [0.05, 0.1) is 32.2 Å². The molecular formula is C31H28FN3O3S. The number of imidazole rings is 1. The second-order valence-electron chi connectivity index (χ2n) is 9.93. The number of hydrogen-bond donors (Lipinski definition) is 1. The fourth-order valence-electron chi connectivity index (χ4n) is 5.39. The van der Waals surface area contributed by atoms with Crippen LogP contribution in [-0.2, 0) is 6.61 Å². The van der Waals surface area contributed by atoms with Gasteiger partial charge in [-0.25, -0.2) is 19.2 Å². The number of carbonyl (C=O) groups is 1. The number of carboxylic acids is 1. The number of halogens is 1. The number of benzene rings is 3. The molecule has 1 saturated carbocycles. The largest absolute Gasteiger partial charge is 0.488 e. The zero-order valence-electron chi connectivity index (χ0n) is 21.6. The Bertz CT molecular complexity index is 1630. The molecule has 0 saturated heterocycles. The number of carboxylic acid groups (broad SMARTS) is 1. The summed E-state index contributed by atoms with van der Waals surface area (Å²) in [7, 11) is 0. The van der Waals surface area contributed by atoms with Crippen LogP contribution >= 0.6 is 11.3 Å². The van der Waals surface area contributed by atoms with Crippen LogP contribution in [0.1, 0.15) is 58.4 Å². The van der Waals surface area contributed by atoms with Crippen molar-refractivity contribution < 1.29 is 19.0 Å². The number of aromatic nitrogens is 3. The summed E-state index contributed by atoms with van der Waals surface area (Å²) in [6.45, 7) is 2.31. The average molecular weight is 542 g/mol. The van der Waals surface area contributed by atoms with Gasteiger partial charge in [-0.05, 0) is 86.5 Å². The van der Waals surface area contributed by atoms with Gasteiger partial charge in [0.1, 0.15) is 24.0 Å². The van der Waals surface area contributed by atoms with Gasteiger partial charge in [-0.3, -0.25) is 0 Å². The molecule has 1 fully saturated rings. The molecule has 5 aromatic rings. The van der Waals surface area contributed by atoms with Crippen LogP contribution in [0.25, 0.3) is 33.7 Å². The van der Waals surface area contributed by atoms with Crippen molar-refractivity contribution in [3.8, 4) is 28.4 Å². The molecule has 0 unspecified atom stereocenters. The summed E-state index contributed by atoms with van der Waals surface area (Å²) in [6, 6.07) is 19.8. The summed E-state index contributed by atoms with van der Waals surface area (Å²) in [6.07, 6.45) is 5.78. The van der Waals surface area contributed by atoms with Crippen LogP contribution in [0, 0.1) is 12.7 Å². The zero-order valence-corrected chi connectivity index (χ0v) is 22.4. The summed E-state index contributed by atoms with van der Waals surface area (Å²) in [5.41, 5.74) is 4.55. The van der Waals surface area contributed by atoms with Crippen LogP contribution in [0.15, 0.2) is 66.7 Å². The number of rotatable bonds is 7. The normalized spacial score (nSPS) is 14.1. The second kappa shape index (κ2) is 10.6. The Labute approximate surface area is 229 Å². The van der Waals surface area contributed by atoms with Crippen LogP contribution in [0.5, 0.6) is 5.75 Å². The molecular weight excluding hydrogens is 513 g/mol. The lowest BCUT2D eigenvalue weighted by Gasteiger charge is -2.25. The minimum Gasteiger partial charge on any atom is -0.488 e. The third-order valence-electron chi connectivity index (χ3n) is 7.28.